The van der Waals surface area contributed by atoms with Gasteiger partial charge in [0.15, 0.2) is 0 Å². The van der Waals surface area contributed by atoms with Crippen LogP contribution in [0.4, 0.5) is 9.59 Å². The Bertz CT molecular complexity index is 553. The lowest BCUT2D eigenvalue weighted by Gasteiger charge is -2.30. The van der Waals surface area contributed by atoms with Gasteiger partial charge >= 0.3 is 18.0 Å². The third-order valence-electron chi connectivity index (χ3n) is 4.79. The maximum atomic E-state index is 12.2. The summed E-state index contributed by atoms with van der Waals surface area (Å²) in [5.41, 5.74) is 0.694. The molecule has 8 heteroatoms. The molecular formula is C17H28N4O4. The van der Waals surface area contributed by atoms with Gasteiger partial charge in [0.25, 0.3) is 0 Å². The van der Waals surface area contributed by atoms with Crippen molar-refractivity contribution in [3.63, 3.8) is 0 Å². The van der Waals surface area contributed by atoms with E-state index in [2.05, 4.69) is 27.2 Å². The second-order valence-electron chi connectivity index (χ2n) is 6.72. The Morgan fingerprint density at radius 1 is 1.32 bits per heavy atom. The molecule has 0 aromatic carbocycles. The van der Waals surface area contributed by atoms with Crippen molar-refractivity contribution >= 4 is 18.0 Å². The van der Waals surface area contributed by atoms with Crippen LogP contribution in [0.2, 0.25) is 0 Å². The van der Waals surface area contributed by atoms with Gasteiger partial charge in [-0.2, -0.15) is 0 Å². The number of ether oxygens (including phenoxy) is 1. The van der Waals surface area contributed by atoms with Crippen LogP contribution in [0.3, 0.4) is 0 Å². The smallest absolute Gasteiger partial charge is 0.337 e. The van der Waals surface area contributed by atoms with Crippen molar-refractivity contribution in [3.05, 3.63) is 11.3 Å². The first-order valence-electron chi connectivity index (χ1n) is 8.79. The van der Waals surface area contributed by atoms with Crippen LogP contribution in [0.1, 0.15) is 33.1 Å². The molecule has 2 aliphatic heterocycles. The summed E-state index contributed by atoms with van der Waals surface area (Å²) < 4.78 is 4.68. The van der Waals surface area contributed by atoms with Crippen LogP contribution in [0.15, 0.2) is 11.3 Å². The van der Waals surface area contributed by atoms with E-state index in [0.717, 1.165) is 36.9 Å². The van der Waals surface area contributed by atoms with Gasteiger partial charge in [0.2, 0.25) is 0 Å². The molecule has 0 spiro atoms. The summed E-state index contributed by atoms with van der Waals surface area (Å²) in [4.78, 5) is 39.3. The SMILES string of the molecule is COC(=O)C1=C(C)NC(=O)N(C(=O)NCCCN2CCC(C)CC2)C1. The Morgan fingerprint density at radius 3 is 2.64 bits per heavy atom. The number of hydrogen-bond acceptors (Lipinski definition) is 5. The van der Waals surface area contributed by atoms with E-state index in [-0.39, 0.29) is 12.1 Å². The van der Waals surface area contributed by atoms with Gasteiger partial charge in [0.05, 0.1) is 19.2 Å². The Kier molecular flexibility index (Phi) is 6.81. The molecule has 140 valence electrons. The van der Waals surface area contributed by atoms with Gasteiger partial charge in [0.1, 0.15) is 0 Å². The minimum atomic E-state index is -0.547. The Hall–Kier alpha value is -2.09. The molecule has 2 rings (SSSR count). The van der Waals surface area contributed by atoms with E-state index in [1.54, 1.807) is 6.92 Å². The number of rotatable bonds is 5. The fraction of sp³-hybridized carbons (Fsp3) is 0.706. The third kappa shape index (κ3) is 5.19. The molecule has 2 N–H and O–H groups in total. The first kappa shape index (κ1) is 19.2. The summed E-state index contributed by atoms with van der Waals surface area (Å²) in [5.74, 6) is 0.253. The predicted octanol–water partition coefficient (Wildman–Crippen LogP) is 1.29. The molecule has 1 fully saturated rings. The van der Waals surface area contributed by atoms with Gasteiger partial charge < -0.3 is 20.3 Å². The second kappa shape index (κ2) is 8.84. The average molecular weight is 352 g/mol. The highest BCUT2D eigenvalue weighted by atomic mass is 16.5. The maximum Gasteiger partial charge on any atom is 0.337 e. The minimum Gasteiger partial charge on any atom is -0.466 e. The van der Waals surface area contributed by atoms with Gasteiger partial charge in [0, 0.05) is 12.2 Å². The Balaban J connectivity index is 1.76. The van der Waals surface area contributed by atoms with E-state index < -0.39 is 18.0 Å². The number of allylic oxidation sites excluding steroid dienone is 1. The normalized spacial score (nSPS) is 19.6. The highest BCUT2D eigenvalue weighted by molar-refractivity contribution is 6.00. The predicted molar refractivity (Wildman–Crippen MR) is 92.8 cm³/mol. The number of imide groups is 1. The zero-order valence-electron chi connectivity index (χ0n) is 15.3. The van der Waals surface area contributed by atoms with Crippen LogP contribution >= 0.6 is 0 Å². The van der Waals surface area contributed by atoms with Gasteiger partial charge in [-0.15, -0.1) is 0 Å². The van der Waals surface area contributed by atoms with Crippen molar-refractivity contribution in [2.75, 3.05) is 39.8 Å². The lowest BCUT2D eigenvalue weighted by atomic mass is 9.99. The molecule has 4 amide bonds. The first-order valence-corrected chi connectivity index (χ1v) is 8.79. The number of carbonyl (C=O) groups is 3. The Morgan fingerprint density at radius 2 is 2.00 bits per heavy atom. The first-order chi connectivity index (χ1) is 11.9. The molecule has 0 atom stereocenters. The summed E-state index contributed by atoms with van der Waals surface area (Å²) >= 11 is 0. The fourth-order valence-electron chi connectivity index (χ4n) is 3.04. The topological polar surface area (TPSA) is 91.0 Å². The zero-order valence-corrected chi connectivity index (χ0v) is 15.3. The van der Waals surface area contributed by atoms with Crippen LogP contribution in [0.25, 0.3) is 0 Å². The van der Waals surface area contributed by atoms with Gasteiger partial charge in [-0.3, -0.25) is 0 Å². The summed E-state index contributed by atoms with van der Waals surface area (Å²) in [5, 5.41) is 5.27. The van der Waals surface area contributed by atoms with Gasteiger partial charge in [-0.1, -0.05) is 6.92 Å². The van der Waals surface area contributed by atoms with Crippen molar-refractivity contribution in [2.45, 2.75) is 33.1 Å². The standard InChI is InChI=1S/C17H28N4O4/c1-12-5-9-20(10-6-12)8-4-7-18-16(23)21-11-14(15(22)25-3)13(2)19-17(21)24/h12H,4-11H2,1-3H3,(H,18,23)(H,19,24). The van der Waals surface area contributed by atoms with Crippen molar-refractivity contribution in [2.24, 2.45) is 5.92 Å². The van der Waals surface area contributed by atoms with E-state index in [4.69, 9.17) is 0 Å². The summed E-state index contributed by atoms with van der Waals surface area (Å²) in [6.45, 7) is 7.45. The number of nitrogens with zero attached hydrogens (tertiary/aromatic N) is 2. The van der Waals surface area contributed by atoms with E-state index in [1.807, 2.05) is 0 Å². The molecule has 2 heterocycles. The second-order valence-corrected chi connectivity index (χ2v) is 6.72. The van der Waals surface area contributed by atoms with Crippen LogP contribution in [-0.4, -0.2) is 67.7 Å². The lowest BCUT2D eigenvalue weighted by molar-refractivity contribution is -0.136. The highest BCUT2D eigenvalue weighted by Gasteiger charge is 2.31. The van der Waals surface area contributed by atoms with E-state index in [9.17, 15) is 14.4 Å². The number of hydrogen-bond donors (Lipinski definition) is 2. The van der Waals surface area contributed by atoms with Crippen molar-refractivity contribution < 1.29 is 19.1 Å². The molecule has 0 radical (unpaired) electrons. The number of piperidine rings is 1. The van der Waals surface area contributed by atoms with E-state index in [0.29, 0.717) is 12.2 Å². The van der Waals surface area contributed by atoms with E-state index in [1.165, 1.54) is 20.0 Å². The van der Waals surface area contributed by atoms with Crippen molar-refractivity contribution in [1.29, 1.82) is 0 Å². The minimum absolute atomic E-state index is 0.0831. The van der Waals surface area contributed by atoms with Crippen molar-refractivity contribution in [3.8, 4) is 0 Å². The van der Waals surface area contributed by atoms with Crippen LogP contribution in [-0.2, 0) is 9.53 Å². The van der Waals surface area contributed by atoms with Gasteiger partial charge in [-0.05, 0) is 51.7 Å². The summed E-state index contributed by atoms with van der Waals surface area (Å²) in [6, 6.07) is -1.04. The Labute approximate surface area is 148 Å². The van der Waals surface area contributed by atoms with Crippen LogP contribution in [0.5, 0.6) is 0 Å². The lowest BCUT2D eigenvalue weighted by Crippen LogP contribution is -2.53. The number of methoxy groups -OCH3 is 1. The van der Waals surface area contributed by atoms with Crippen LogP contribution < -0.4 is 10.6 Å². The average Bonchev–Trinajstić information content (AvgIpc) is 2.59. The number of amides is 4. The summed E-state index contributed by atoms with van der Waals surface area (Å²) in [6.07, 6.45) is 3.28. The molecule has 2 aliphatic rings. The maximum absolute atomic E-state index is 12.2. The highest BCUT2D eigenvalue weighted by Crippen LogP contribution is 2.16. The molecule has 0 aromatic heterocycles. The molecule has 0 saturated carbocycles. The molecule has 25 heavy (non-hydrogen) atoms. The van der Waals surface area contributed by atoms with Crippen molar-refractivity contribution in [1.82, 2.24) is 20.4 Å². The fourth-order valence-corrected chi connectivity index (χ4v) is 3.04. The number of urea groups is 2. The molecular weight excluding hydrogens is 324 g/mol. The largest absolute Gasteiger partial charge is 0.466 e. The molecule has 0 unspecified atom stereocenters. The third-order valence-corrected chi connectivity index (χ3v) is 4.79. The number of carbonyl (C=O) groups excluding carboxylic acids is 3. The quantitative estimate of drug-likeness (QED) is 0.575. The van der Waals surface area contributed by atoms with E-state index >= 15 is 0 Å². The number of likely N-dealkylation sites (tertiary alicyclic amines) is 1. The molecule has 8 nitrogen and oxygen atoms in total. The van der Waals surface area contributed by atoms with Crippen LogP contribution in [0, 0.1) is 5.92 Å². The molecule has 1 saturated heterocycles. The number of esters is 1. The molecule has 0 aromatic rings. The molecule has 0 bridgehead atoms. The monoisotopic (exact) mass is 352 g/mol. The molecule has 0 aliphatic carbocycles. The van der Waals surface area contributed by atoms with Gasteiger partial charge in [-0.25, -0.2) is 19.3 Å². The number of nitrogens with one attached hydrogen (secondary N) is 2. The zero-order chi connectivity index (χ0) is 18.4. The summed E-state index contributed by atoms with van der Waals surface area (Å²) in [7, 11) is 1.27.